The number of aromatic nitrogens is 2. The van der Waals surface area contributed by atoms with E-state index in [2.05, 4.69) is 4.98 Å². The Hall–Kier alpha value is -1.96. The lowest BCUT2D eigenvalue weighted by atomic mass is 10.1. The lowest BCUT2D eigenvalue weighted by Crippen LogP contribution is -2.43. The first-order valence-electron chi connectivity index (χ1n) is 11.0. The molecule has 0 radical (unpaired) electrons. The van der Waals surface area contributed by atoms with Crippen molar-refractivity contribution in [2.24, 2.45) is 0 Å². The summed E-state index contributed by atoms with van der Waals surface area (Å²) in [6.07, 6.45) is -7.57. The molecule has 2 aliphatic rings. The summed E-state index contributed by atoms with van der Waals surface area (Å²) in [6.45, 7) is -1.54. The molecule has 2 aliphatic heterocycles. The van der Waals surface area contributed by atoms with Crippen LogP contribution in [0.15, 0.2) is 23.1 Å². The maximum Gasteiger partial charge on any atom is 0.530 e. The van der Waals surface area contributed by atoms with Gasteiger partial charge in [-0.2, -0.15) is 0 Å². The quantitative estimate of drug-likeness (QED) is 0.347. The lowest BCUT2D eigenvalue weighted by molar-refractivity contribution is -0.205. The molecule has 1 unspecified atom stereocenters. The van der Waals surface area contributed by atoms with E-state index in [1.807, 2.05) is 0 Å². The fourth-order valence-corrected chi connectivity index (χ4v) is 4.80. The lowest BCUT2D eigenvalue weighted by Gasteiger charge is -2.29. The van der Waals surface area contributed by atoms with Crippen molar-refractivity contribution in [1.82, 2.24) is 9.55 Å². The van der Waals surface area contributed by atoms with Crippen molar-refractivity contribution in [1.29, 1.82) is 0 Å². The van der Waals surface area contributed by atoms with Crippen LogP contribution >= 0.6 is 20.0 Å². The van der Waals surface area contributed by atoms with Gasteiger partial charge in [0.2, 0.25) is 0 Å². The Bertz CT molecular complexity index is 1390. The number of rotatable bonds is 5. The zero-order valence-electron chi connectivity index (χ0n) is 20.3. The van der Waals surface area contributed by atoms with Crippen molar-refractivity contribution in [2.45, 2.75) is 51.3 Å². The number of nitrogens with zero attached hydrogens (tertiary/aromatic N) is 1. The number of hydrogen-bond donors (Lipinski definition) is 4. The summed E-state index contributed by atoms with van der Waals surface area (Å²) < 4.78 is 73.8. The zero-order valence-corrected chi connectivity index (χ0v) is 19.0. The summed E-state index contributed by atoms with van der Waals surface area (Å²) in [4.78, 5) is 13.9. The fourth-order valence-electron chi connectivity index (χ4n) is 3.40. The molecule has 0 saturated carbocycles. The molecule has 1 fully saturated rings. The molecule has 1 aromatic heterocycles. The number of nitrogens with one attached hydrogen (secondary N) is 1. The van der Waals surface area contributed by atoms with Crippen molar-refractivity contribution < 1.29 is 46.7 Å². The molecular formula is C19H22FN2O9PS. The minimum Gasteiger partial charge on any atom is -0.403 e. The number of halogens is 1. The standard InChI is InChI=1S/C19H22FN2O9PS/c1-9-3-10(2)14-11(4-9)7-28-32(27,31-14)29-8-19(20)15(25)13(24)17(30-19)22-5-12(6-23)16(26)21-18(22)33/h3-5,13,15,17,23-25H,6-8H2,1-2H3,(H,21,26,33)/t13-,15+,17-,19-,32?/m1/s1/i8D2,17D. The van der Waals surface area contributed by atoms with Crippen LogP contribution in [-0.4, -0.2) is 49.5 Å². The van der Waals surface area contributed by atoms with Gasteiger partial charge in [-0.3, -0.25) is 23.4 Å². The van der Waals surface area contributed by atoms with Gasteiger partial charge in [-0.05, 0) is 31.6 Å². The van der Waals surface area contributed by atoms with E-state index in [-0.39, 0.29) is 17.9 Å². The molecular weight excluding hydrogens is 482 g/mol. The SMILES string of the molecule is [2H]C([2H])(OP1(=O)OCc2cc(C)cc(C)c2O1)[C@@]1(F)O[C@@]([2H])(n2cc(CO)c(=O)[nH]c2=S)[C@H](O)[C@@H]1O. The number of phosphoric acid groups is 1. The van der Waals surface area contributed by atoms with E-state index < -0.39 is 55.6 Å². The maximum atomic E-state index is 16.0. The minimum absolute atomic E-state index is 0.0812. The Morgan fingerprint density at radius 1 is 1.48 bits per heavy atom. The summed E-state index contributed by atoms with van der Waals surface area (Å²) in [6, 6.07) is 3.38. The van der Waals surface area contributed by atoms with Crippen LogP contribution in [0.4, 0.5) is 4.39 Å². The van der Waals surface area contributed by atoms with E-state index in [1.54, 1.807) is 26.0 Å². The maximum absolute atomic E-state index is 16.0. The third-order valence-corrected chi connectivity index (χ3v) is 6.45. The number of aliphatic hydroxyl groups is 3. The number of H-pyrrole nitrogens is 1. The average Bonchev–Trinajstić information content (AvgIpc) is 2.95. The summed E-state index contributed by atoms with van der Waals surface area (Å²) >= 11 is 4.92. The molecule has 4 N–H and O–H groups in total. The average molecular weight is 507 g/mol. The van der Waals surface area contributed by atoms with Gasteiger partial charge in [0, 0.05) is 11.8 Å². The molecule has 180 valence electrons. The van der Waals surface area contributed by atoms with Gasteiger partial charge in [-0.25, -0.2) is 8.96 Å². The predicted octanol–water partition coefficient (Wildman–Crippen LogP) is 1.67. The van der Waals surface area contributed by atoms with Gasteiger partial charge in [0.05, 0.1) is 22.9 Å². The van der Waals surface area contributed by atoms with E-state index in [9.17, 15) is 24.7 Å². The second-order valence-corrected chi connectivity index (χ2v) is 9.40. The predicted molar refractivity (Wildman–Crippen MR) is 113 cm³/mol. The molecule has 1 aromatic carbocycles. The number of aromatic amines is 1. The van der Waals surface area contributed by atoms with Crippen LogP contribution in [-0.2, 0) is 31.6 Å². The van der Waals surface area contributed by atoms with Crippen LogP contribution in [0.3, 0.4) is 0 Å². The van der Waals surface area contributed by atoms with Crippen molar-refractivity contribution >= 4 is 20.0 Å². The topological polar surface area (TPSA) is 152 Å². The van der Waals surface area contributed by atoms with Crippen LogP contribution in [0.25, 0.3) is 0 Å². The molecule has 0 bridgehead atoms. The molecule has 3 heterocycles. The Morgan fingerprint density at radius 2 is 2.21 bits per heavy atom. The smallest absolute Gasteiger partial charge is 0.403 e. The molecule has 14 heteroatoms. The molecule has 11 nitrogen and oxygen atoms in total. The second-order valence-electron chi connectivity index (χ2n) is 7.49. The first-order valence-corrected chi connectivity index (χ1v) is 11.4. The van der Waals surface area contributed by atoms with Gasteiger partial charge < -0.3 is 24.6 Å². The first-order chi connectivity index (χ1) is 16.6. The highest BCUT2D eigenvalue weighted by molar-refractivity contribution is 7.71. The molecule has 0 spiro atoms. The Balaban J connectivity index is 1.69. The van der Waals surface area contributed by atoms with E-state index in [1.165, 1.54) is 0 Å². The largest absolute Gasteiger partial charge is 0.530 e. The first kappa shape index (κ1) is 20.4. The second kappa shape index (κ2) is 8.67. The zero-order chi connectivity index (χ0) is 26.8. The Labute approximate surface area is 196 Å². The van der Waals surface area contributed by atoms with Crippen molar-refractivity contribution in [3.8, 4) is 5.75 Å². The summed E-state index contributed by atoms with van der Waals surface area (Å²) in [5.41, 5.74) is 0.674. The third kappa shape index (κ3) is 4.43. The van der Waals surface area contributed by atoms with E-state index in [0.29, 0.717) is 15.7 Å². The Kier molecular flexibility index (Phi) is 5.37. The van der Waals surface area contributed by atoms with Crippen LogP contribution in [0, 0.1) is 18.6 Å². The van der Waals surface area contributed by atoms with Gasteiger partial charge in [-0.15, -0.1) is 0 Å². The summed E-state index contributed by atoms with van der Waals surface area (Å²) in [5, 5.41) is 30.3. The summed E-state index contributed by atoms with van der Waals surface area (Å²) in [5.74, 6) is -3.94. The van der Waals surface area contributed by atoms with Crippen molar-refractivity contribution in [2.75, 3.05) is 6.56 Å². The number of fused-ring (bicyclic) bond motifs is 1. The van der Waals surface area contributed by atoms with E-state index in [4.69, 9.17) is 34.6 Å². The molecule has 33 heavy (non-hydrogen) atoms. The van der Waals surface area contributed by atoms with Gasteiger partial charge in [-0.1, -0.05) is 17.7 Å². The van der Waals surface area contributed by atoms with Crippen LogP contribution in [0.2, 0.25) is 0 Å². The fraction of sp³-hybridized carbons (Fsp3) is 0.474. The number of phosphoric ester groups is 1. The summed E-state index contributed by atoms with van der Waals surface area (Å²) in [7, 11) is -4.85. The van der Waals surface area contributed by atoms with Gasteiger partial charge >= 0.3 is 7.82 Å². The van der Waals surface area contributed by atoms with Crippen LogP contribution < -0.4 is 10.1 Å². The molecule has 2 aromatic rings. The highest BCUT2D eigenvalue weighted by atomic mass is 32.1. The van der Waals surface area contributed by atoms with Gasteiger partial charge in [0.25, 0.3) is 11.4 Å². The van der Waals surface area contributed by atoms with Gasteiger partial charge in [0.15, 0.2) is 11.0 Å². The minimum atomic E-state index is -4.85. The highest BCUT2D eigenvalue weighted by Gasteiger charge is 2.57. The van der Waals surface area contributed by atoms with E-state index in [0.717, 1.165) is 11.8 Å². The number of benzene rings is 1. The van der Waals surface area contributed by atoms with Gasteiger partial charge in [0.1, 0.15) is 24.5 Å². The number of aryl methyl sites for hydroxylation is 2. The number of hydrogen-bond acceptors (Lipinski definition) is 10. The monoisotopic (exact) mass is 507 g/mol. The molecule has 1 saturated heterocycles. The Morgan fingerprint density at radius 3 is 2.91 bits per heavy atom. The van der Waals surface area contributed by atoms with E-state index >= 15 is 4.39 Å². The number of aliphatic hydroxyl groups excluding tert-OH is 3. The van der Waals surface area contributed by atoms with Crippen LogP contribution in [0.5, 0.6) is 5.75 Å². The molecule has 0 amide bonds. The third-order valence-electron chi connectivity index (χ3n) is 4.98. The molecule has 0 aliphatic carbocycles. The number of ether oxygens (including phenoxy) is 1. The molecule has 5 atom stereocenters. The molecule has 4 rings (SSSR count). The highest BCUT2D eigenvalue weighted by Crippen LogP contribution is 2.56. The van der Waals surface area contributed by atoms with Crippen molar-refractivity contribution in [3.63, 3.8) is 0 Å². The number of alkyl halides is 1. The normalized spacial score (nSPS) is 35.3. The van der Waals surface area contributed by atoms with Crippen LogP contribution in [0.1, 0.15) is 32.6 Å². The van der Waals surface area contributed by atoms with Crippen molar-refractivity contribution in [3.05, 3.63) is 55.7 Å².